The van der Waals surface area contributed by atoms with E-state index in [-0.39, 0.29) is 12.3 Å². The smallest absolute Gasteiger partial charge is 0.307 e. The van der Waals surface area contributed by atoms with Gasteiger partial charge < -0.3 is 15.3 Å². The zero-order valence-corrected chi connectivity index (χ0v) is 13.2. The van der Waals surface area contributed by atoms with E-state index in [1.54, 1.807) is 36.5 Å². The monoisotopic (exact) mass is 325 g/mol. The van der Waals surface area contributed by atoms with E-state index in [0.717, 1.165) is 18.9 Å². The lowest BCUT2D eigenvalue weighted by atomic mass is 10.1. The Bertz CT molecular complexity index is 737. The number of nitrogens with zero attached hydrogens (tertiary/aromatic N) is 2. The first-order valence-corrected chi connectivity index (χ1v) is 7.95. The van der Waals surface area contributed by atoms with E-state index < -0.39 is 5.97 Å². The van der Waals surface area contributed by atoms with E-state index in [9.17, 15) is 9.59 Å². The summed E-state index contributed by atoms with van der Waals surface area (Å²) < 4.78 is 0. The molecule has 6 nitrogen and oxygen atoms in total. The van der Waals surface area contributed by atoms with Crippen LogP contribution < -0.4 is 10.2 Å². The van der Waals surface area contributed by atoms with Crippen molar-refractivity contribution in [1.82, 2.24) is 4.98 Å². The fourth-order valence-electron chi connectivity index (χ4n) is 2.81. The summed E-state index contributed by atoms with van der Waals surface area (Å²) in [4.78, 5) is 29.8. The van der Waals surface area contributed by atoms with Gasteiger partial charge in [-0.2, -0.15) is 0 Å². The molecule has 0 spiro atoms. The Morgan fingerprint density at radius 3 is 2.54 bits per heavy atom. The molecule has 1 amide bonds. The molecule has 0 atom stereocenters. The highest BCUT2D eigenvalue weighted by Gasteiger charge is 2.15. The second-order valence-corrected chi connectivity index (χ2v) is 5.78. The maximum atomic E-state index is 12.4. The molecule has 0 aliphatic carbocycles. The summed E-state index contributed by atoms with van der Waals surface area (Å²) in [7, 11) is 0. The molecule has 1 fully saturated rings. The molecule has 24 heavy (non-hydrogen) atoms. The minimum absolute atomic E-state index is 0.136. The maximum Gasteiger partial charge on any atom is 0.307 e. The van der Waals surface area contributed by atoms with Crippen molar-refractivity contribution in [3.8, 4) is 0 Å². The third-order valence-corrected chi connectivity index (χ3v) is 4.05. The van der Waals surface area contributed by atoms with Crippen LogP contribution in [0.2, 0.25) is 0 Å². The molecule has 0 saturated carbocycles. The summed E-state index contributed by atoms with van der Waals surface area (Å²) in [5.74, 6) is -0.350. The van der Waals surface area contributed by atoms with E-state index in [1.807, 2.05) is 6.07 Å². The molecular weight excluding hydrogens is 306 g/mol. The molecule has 0 unspecified atom stereocenters. The molecule has 1 aromatic heterocycles. The average molecular weight is 325 g/mol. The Hall–Kier alpha value is -2.89. The second-order valence-electron chi connectivity index (χ2n) is 5.78. The zero-order valence-electron chi connectivity index (χ0n) is 13.2. The van der Waals surface area contributed by atoms with Crippen molar-refractivity contribution < 1.29 is 14.7 Å². The van der Waals surface area contributed by atoms with Crippen molar-refractivity contribution >= 4 is 23.4 Å². The van der Waals surface area contributed by atoms with E-state index in [0.29, 0.717) is 16.8 Å². The fraction of sp³-hybridized carbons (Fsp3) is 0.278. The van der Waals surface area contributed by atoms with Gasteiger partial charge in [0, 0.05) is 25.0 Å². The highest BCUT2D eigenvalue weighted by atomic mass is 16.4. The van der Waals surface area contributed by atoms with Gasteiger partial charge in [-0.1, -0.05) is 18.2 Å². The van der Waals surface area contributed by atoms with Crippen molar-refractivity contribution in [1.29, 1.82) is 0 Å². The van der Waals surface area contributed by atoms with Gasteiger partial charge in [0.25, 0.3) is 5.91 Å². The van der Waals surface area contributed by atoms with Crippen LogP contribution in [0, 0.1) is 0 Å². The average Bonchev–Trinajstić information content (AvgIpc) is 3.11. The van der Waals surface area contributed by atoms with Crippen LogP contribution in [-0.2, 0) is 11.2 Å². The number of nitrogens with one attached hydrogen (secondary N) is 1. The Kier molecular flexibility index (Phi) is 4.74. The largest absolute Gasteiger partial charge is 0.481 e. The van der Waals surface area contributed by atoms with Crippen molar-refractivity contribution in [2.24, 2.45) is 0 Å². The number of aliphatic carboxylic acids is 1. The predicted octanol–water partition coefficient (Wildman–Crippen LogP) is 2.56. The number of carboxylic acid groups (broad SMARTS) is 1. The van der Waals surface area contributed by atoms with Crippen LogP contribution in [0.1, 0.15) is 28.8 Å². The molecule has 1 aliphatic rings. The van der Waals surface area contributed by atoms with Crippen LogP contribution in [-0.4, -0.2) is 35.1 Å². The van der Waals surface area contributed by atoms with Gasteiger partial charge in [0.1, 0.15) is 5.82 Å². The number of anilines is 2. The minimum atomic E-state index is -0.937. The van der Waals surface area contributed by atoms with Crippen LogP contribution >= 0.6 is 0 Å². The van der Waals surface area contributed by atoms with Gasteiger partial charge in [0.05, 0.1) is 12.0 Å². The van der Waals surface area contributed by atoms with Crippen molar-refractivity contribution in [2.45, 2.75) is 19.3 Å². The molecule has 3 rings (SSSR count). The van der Waals surface area contributed by atoms with Crippen LogP contribution in [0.15, 0.2) is 42.6 Å². The van der Waals surface area contributed by atoms with E-state index >= 15 is 0 Å². The first kappa shape index (κ1) is 16.0. The lowest BCUT2D eigenvalue weighted by molar-refractivity contribution is -0.136. The lowest BCUT2D eigenvalue weighted by Crippen LogP contribution is -2.19. The van der Waals surface area contributed by atoms with Gasteiger partial charge in [0.2, 0.25) is 0 Å². The Labute approximate surface area is 140 Å². The summed E-state index contributed by atoms with van der Waals surface area (Å²) in [5, 5.41) is 11.7. The topological polar surface area (TPSA) is 82.5 Å². The zero-order chi connectivity index (χ0) is 16.9. The first-order valence-electron chi connectivity index (χ1n) is 7.95. The molecule has 1 saturated heterocycles. The quantitative estimate of drug-likeness (QED) is 0.883. The van der Waals surface area contributed by atoms with E-state index in [2.05, 4.69) is 15.2 Å². The summed E-state index contributed by atoms with van der Waals surface area (Å²) in [6.07, 6.45) is 3.76. The van der Waals surface area contributed by atoms with Gasteiger partial charge in [-0.15, -0.1) is 0 Å². The van der Waals surface area contributed by atoms with E-state index in [1.165, 1.54) is 12.8 Å². The number of rotatable bonds is 5. The minimum Gasteiger partial charge on any atom is -0.481 e. The number of hydrogen-bond donors (Lipinski definition) is 2. The van der Waals surface area contributed by atoms with Gasteiger partial charge in [0.15, 0.2) is 0 Å². The summed E-state index contributed by atoms with van der Waals surface area (Å²) in [5.41, 5.74) is 1.52. The van der Waals surface area contributed by atoms with E-state index in [4.69, 9.17) is 5.11 Å². The number of aromatic nitrogens is 1. The predicted molar refractivity (Wildman–Crippen MR) is 91.4 cm³/mol. The summed E-state index contributed by atoms with van der Waals surface area (Å²) >= 11 is 0. The second kappa shape index (κ2) is 7.12. The normalized spacial score (nSPS) is 13.8. The summed E-state index contributed by atoms with van der Waals surface area (Å²) in [6, 6.07) is 10.5. The molecule has 1 aromatic carbocycles. The number of pyridine rings is 1. The number of hydrogen-bond acceptors (Lipinski definition) is 4. The number of carbonyl (C=O) groups excluding carboxylic acids is 1. The Morgan fingerprint density at radius 2 is 1.88 bits per heavy atom. The SMILES string of the molecule is O=C(O)Cc1ccccc1NC(=O)c1ccc(N2CCCC2)nc1. The third-order valence-electron chi connectivity index (χ3n) is 4.05. The van der Waals surface area contributed by atoms with Crippen molar-refractivity contribution in [3.63, 3.8) is 0 Å². The first-order chi connectivity index (χ1) is 11.6. The highest BCUT2D eigenvalue weighted by molar-refractivity contribution is 6.04. The van der Waals surface area contributed by atoms with Gasteiger partial charge in [-0.3, -0.25) is 9.59 Å². The summed E-state index contributed by atoms with van der Waals surface area (Å²) in [6.45, 7) is 2.00. The molecule has 2 N–H and O–H groups in total. The van der Waals surface area contributed by atoms with Gasteiger partial charge in [-0.05, 0) is 36.6 Å². The van der Waals surface area contributed by atoms with Crippen LogP contribution in [0.25, 0.3) is 0 Å². The van der Waals surface area contributed by atoms with Gasteiger partial charge in [-0.25, -0.2) is 4.98 Å². The number of amides is 1. The molecule has 2 aromatic rings. The lowest BCUT2D eigenvalue weighted by Gasteiger charge is -2.16. The standard InChI is InChI=1S/C18H19N3O3/c22-17(23)11-13-5-1-2-6-15(13)20-18(24)14-7-8-16(19-12-14)21-9-3-4-10-21/h1-2,5-8,12H,3-4,9-11H2,(H,20,24)(H,22,23). The van der Waals surface area contributed by atoms with Crippen LogP contribution in [0.5, 0.6) is 0 Å². The molecule has 124 valence electrons. The number of benzene rings is 1. The van der Waals surface area contributed by atoms with Crippen LogP contribution in [0.4, 0.5) is 11.5 Å². The third kappa shape index (κ3) is 3.71. The van der Waals surface area contributed by atoms with Crippen molar-refractivity contribution in [2.75, 3.05) is 23.3 Å². The Balaban J connectivity index is 1.72. The molecule has 0 bridgehead atoms. The Morgan fingerprint density at radius 1 is 1.12 bits per heavy atom. The number of carbonyl (C=O) groups is 2. The molecule has 1 aliphatic heterocycles. The maximum absolute atomic E-state index is 12.4. The molecule has 2 heterocycles. The number of para-hydroxylation sites is 1. The number of carboxylic acids is 1. The van der Waals surface area contributed by atoms with Crippen molar-refractivity contribution in [3.05, 3.63) is 53.7 Å². The van der Waals surface area contributed by atoms with Gasteiger partial charge >= 0.3 is 5.97 Å². The van der Waals surface area contributed by atoms with Crippen LogP contribution in [0.3, 0.4) is 0 Å². The molecular formula is C18H19N3O3. The highest BCUT2D eigenvalue weighted by Crippen LogP contribution is 2.19. The fourth-order valence-corrected chi connectivity index (χ4v) is 2.81. The molecule has 6 heteroatoms. The molecule has 0 radical (unpaired) electrons.